The van der Waals surface area contributed by atoms with Gasteiger partial charge in [0.25, 0.3) is 0 Å². The summed E-state index contributed by atoms with van der Waals surface area (Å²) in [6, 6.07) is 7.58. The summed E-state index contributed by atoms with van der Waals surface area (Å²) in [7, 11) is 4.97. The van der Waals surface area contributed by atoms with Crippen molar-refractivity contribution in [2.75, 3.05) is 27.9 Å². The molecule has 1 fully saturated rings. The van der Waals surface area contributed by atoms with Crippen LogP contribution in [0.15, 0.2) is 24.3 Å². The Morgan fingerprint density at radius 1 is 1.27 bits per heavy atom. The Morgan fingerprint density at radius 3 is 2.73 bits per heavy atom. The van der Waals surface area contributed by atoms with Crippen molar-refractivity contribution in [1.82, 2.24) is 25.1 Å². The first-order chi connectivity index (χ1) is 12.6. The van der Waals surface area contributed by atoms with Gasteiger partial charge >= 0.3 is 0 Å². The maximum absolute atomic E-state index is 12.6. The number of ether oxygens (including phenoxy) is 2. The molecule has 3 rings (SSSR count). The van der Waals surface area contributed by atoms with Crippen LogP contribution in [0.3, 0.4) is 0 Å². The fourth-order valence-corrected chi connectivity index (χ4v) is 3.70. The molecule has 0 atom stereocenters. The Morgan fingerprint density at radius 2 is 2.04 bits per heavy atom. The van der Waals surface area contributed by atoms with Crippen molar-refractivity contribution < 1.29 is 14.3 Å². The molecule has 1 saturated carbocycles. The lowest BCUT2D eigenvalue weighted by atomic mass is 9.79. The van der Waals surface area contributed by atoms with E-state index in [0.717, 1.165) is 43.5 Å². The highest BCUT2D eigenvalue weighted by Crippen LogP contribution is 2.41. The number of amides is 1. The van der Waals surface area contributed by atoms with E-state index in [4.69, 9.17) is 9.47 Å². The molecule has 8 heteroatoms. The van der Waals surface area contributed by atoms with E-state index in [1.54, 1.807) is 16.7 Å². The van der Waals surface area contributed by atoms with E-state index in [0.29, 0.717) is 5.82 Å². The number of hydrogen-bond donors (Lipinski definition) is 0. The van der Waals surface area contributed by atoms with Crippen LogP contribution in [0.25, 0.3) is 5.69 Å². The number of methoxy groups -OCH3 is 2. The van der Waals surface area contributed by atoms with Crippen LogP contribution in [0, 0.1) is 0 Å². The van der Waals surface area contributed by atoms with E-state index >= 15 is 0 Å². The van der Waals surface area contributed by atoms with Crippen molar-refractivity contribution in [3.8, 4) is 11.4 Å². The van der Waals surface area contributed by atoms with Crippen LogP contribution in [0.5, 0.6) is 5.75 Å². The van der Waals surface area contributed by atoms with Gasteiger partial charge in [0.15, 0.2) is 5.82 Å². The van der Waals surface area contributed by atoms with Crippen LogP contribution in [0.2, 0.25) is 0 Å². The lowest BCUT2D eigenvalue weighted by Crippen LogP contribution is -2.51. The lowest BCUT2D eigenvalue weighted by Gasteiger charge is -2.43. The van der Waals surface area contributed by atoms with Gasteiger partial charge in [-0.1, -0.05) is 25.3 Å². The molecule has 140 valence electrons. The topological polar surface area (TPSA) is 82.4 Å². The second-order valence-corrected chi connectivity index (χ2v) is 6.59. The molecule has 1 aliphatic carbocycles. The monoisotopic (exact) mass is 359 g/mol. The van der Waals surface area contributed by atoms with Crippen molar-refractivity contribution in [1.29, 1.82) is 0 Å². The molecular weight excluding hydrogens is 334 g/mol. The van der Waals surface area contributed by atoms with Gasteiger partial charge in [0, 0.05) is 20.2 Å². The number of benzene rings is 1. The molecule has 0 saturated heterocycles. The molecule has 2 aromatic rings. The minimum absolute atomic E-state index is 0.0407. The van der Waals surface area contributed by atoms with Crippen molar-refractivity contribution in [3.63, 3.8) is 0 Å². The standard InChI is InChI=1S/C18H25N5O3/c1-22(16(24)13-25-2)18(10-5-4-6-11-18)17-19-20-21-23(17)14-8-7-9-15(12-14)26-3/h7-9,12H,4-6,10-11,13H2,1-3H3. The van der Waals surface area contributed by atoms with Crippen LogP contribution in [0.1, 0.15) is 37.9 Å². The quantitative estimate of drug-likeness (QED) is 0.784. The minimum Gasteiger partial charge on any atom is -0.497 e. The molecule has 1 amide bonds. The highest BCUT2D eigenvalue weighted by atomic mass is 16.5. The molecule has 0 radical (unpaired) electrons. The van der Waals surface area contributed by atoms with E-state index in [1.165, 1.54) is 7.11 Å². The minimum atomic E-state index is -0.541. The van der Waals surface area contributed by atoms with Crippen LogP contribution in [0.4, 0.5) is 0 Å². The molecule has 0 bridgehead atoms. The Balaban J connectivity index is 2.06. The number of carbonyl (C=O) groups is 1. The molecule has 0 aliphatic heterocycles. The predicted octanol–water partition coefficient (Wildman–Crippen LogP) is 1.94. The van der Waals surface area contributed by atoms with Crippen molar-refractivity contribution in [2.24, 2.45) is 0 Å². The third kappa shape index (κ3) is 3.29. The van der Waals surface area contributed by atoms with Crippen LogP contribution >= 0.6 is 0 Å². The van der Waals surface area contributed by atoms with Gasteiger partial charge in [-0.25, -0.2) is 0 Å². The highest BCUT2D eigenvalue weighted by molar-refractivity contribution is 5.78. The zero-order valence-electron chi connectivity index (χ0n) is 15.5. The summed E-state index contributed by atoms with van der Waals surface area (Å²) in [6.07, 6.45) is 4.84. The Hall–Kier alpha value is -2.48. The van der Waals surface area contributed by atoms with E-state index in [-0.39, 0.29) is 12.5 Å². The highest BCUT2D eigenvalue weighted by Gasteiger charge is 2.44. The average molecular weight is 359 g/mol. The van der Waals surface area contributed by atoms with Gasteiger partial charge in [0.2, 0.25) is 5.91 Å². The molecule has 1 aromatic heterocycles. The first-order valence-electron chi connectivity index (χ1n) is 8.81. The Kier molecular flexibility index (Phi) is 5.51. The molecule has 1 aliphatic rings. The summed E-state index contributed by atoms with van der Waals surface area (Å²) in [4.78, 5) is 14.4. The molecule has 0 unspecified atom stereocenters. The fourth-order valence-electron chi connectivity index (χ4n) is 3.70. The normalized spacial score (nSPS) is 16.3. The third-order valence-electron chi connectivity index (χ3n) is 5.15. The molecule has 1 heterocycles. The molecule has 1 aromatic carbocycles. The average Bonchev–Trinajstić information content (AvgIpc) is 3.18. The largest absolute Gasteiger partial charge is 0.497 e. The zero-order valence-corrected chi connectivity index (χ0v) is 15.5. The zero-order chi connectivity index (χ0) is 18.6. The number of nitrogens with zero attached hydrogens (tertiary/aromatic N) is 5. The maximum atomic E-state index is 12.6. The second-order valence-electron chi connectivity index (χ2n) is 6.59. The molecule has 26 heavy (non-hydrogen) atoms. The van der Waals surface area contributed by atoms with E-state index in [9.17, 15) is 4.79 Å². The van der Waals surface area contributed by atoms with Crippen molar-refractivity contribution >= 4 is 5.91 Å². The second kappa shape index (κ2) is 7.82. The number of hydrogen-bond acceptors (Lipinski definition) is 6. The summed E-state index contributed by atoms with van der Waals surface area (Å²) >= 11 is 0. The van der Waals surface area contributed by atoms with Crippen LogP contribution < -0.4 is 4.74 Å². The number of likely N-dealkylation sites (N-methyl/N-ethyl adjacent to an activating group) is 1. The summed E-state index contributed by atoms with van der Waals surface area (Å²) in [5.41, 5.74) is 0.266. The SMILES string of the molecule is COCC(=O)N(C)C1(c2nnnn2-c2cccc(OC)c2)CCCCC1. The smallest absolute Gasteiger partial charge is 0.249 e. The van der Waals surface area contributed by atoms with Crippen molar-refractivity contribution in [2.45, 2.75) is 37.6 Å². The van der Waals surface area contributed by atoms with Gasteiger partial charge in [0.1, 0.15) is 17.9 Å². The fraction of sp³-hybridized carbons (Fsp3) is 0.556. The van der Waals surface area contributed by atoms with Gasteiger partial charge in [0.05, 0.1) is 12.8 Å². The van der Waals surface area contributed by atoms with E-state index in [1.807, 2.05) is 31.3 Å². The number of carbonyl (C=O) groups excluding carboxylic acids is 1. The predicted molar refractivity (Wildman–Crippen MR) is 95.1 cm³/mol. The number of rotatable bonds is 6. The maximum Gasteiger partial charge on any atom is 0.249 e. The third-order valence-corrected chi connectivity index (χ3v) is 5.15. The van der Waals surface area contributed by atoms with Gasteiger partial charge < -0.3 is 14.4 Å². The van der Waals surface area contributed by atoms with Crippen LogP contribution in [-0.2, 0) is 15.1 Å². The first-order valence-corrected chi connectivity index (χ1v) is 8.81. The van der Waals surface area contributed by atoms with Gasteiger partial charge in [-0.05, 0) is 35.4 Å². The molecule has 8 nitrogen and oxygen atoms in total. The van der Waals surface area contributed by atoms with Crippen molar-refractivity contribution in [3.05, 3.63) is 30.1 Å². The molecule has 0 N–H and O–H groups in total. The lowest BCUT2D eigenvalue weighted by molar-refractivity contribution is -0.142. The summed E-state index contributed by atoms with van der Waals surface area (Å²) in [6.45, 7) is 0.0407. The van der Waals surface area contributed by atoms with Gasteiger partial charge in [-0.3, -0.25) is 4.79 Å². The number of tetrazole rings is 1. The summed E-state index contributed by atoms with van der Waals surface area (Å²) < 4.78 is 12.1. The van der Waals surface area contributed by atoms with E-state index in [2.05, 4.69) is 15.5 Å². The Bertz CT molecular complexity index is 755. The van der Waals surface area contributed by atoms with Gasteiger partial charge in [-0.15, -0.1) is 5.10 Å². The first kappa shape index (κ1) is 18.3. The van der Waals surface area contributed by atoms with Gasteiger partial charge in [-0.2, -0.15) is 4.68 Å². The summed E-state index contributed by atoms with van der Waals surface area (Å²) in [5, 5.41) is 12.4. The summed E-state index contributed by atoms with van der Waals surface area (Å²) in [5.74, 6) is 1.33. The Labute approximate surface area is 153 Å². The van der Waals surface area contributed by atoms with E-state index < -0.39 is 5.54 Å². The molecular formula is C18H25N5O3. The van der Waals surface area contributed by atoms with Crippen LogP contribution in [-0.4, -0.2) is 58.9 Å². The molecule has 0 spiro atoms. The number of aromatic nitrogens is 4.